The number of hydrogen-bond donors (Lipinski definition) is 2. The molecule has 0 saturated carbocycles. The van der Waals surface area contributed by atoms with Gasteiger partial charge in [0.05, 0.1) is 18.6 Å². The molecule has 2 aromatic carbocycles. The quantitative estimate of drug-likeness (QED) is 0.413. The lowest BCUT2D eigenvalue weighted by molar-refractivity contribution is -0.113. The fraction of sp³-hybridized carbons (Fsp3) is 0.286. The number of methoxy groups -OCH3 is 1. The molecule has 156 valence electrons. The summed E-state index contributed by atoms with van der Waals surface area (Å²) in [4.78, 5) is 24.4. The number of benzene rings is 2. The van der Waals surface area contributed by atoms with Crippen molar-refractivity contribution >= 4 is 45.3 Å². The number of para-hydroxylation sites is 1. The Balaban J connectivity index is 1.52. The van der Waals surface area contributed by atoms with Gasteiger partial charge in [-0.05, 0) is 18.6 Å². The SMILES string of the molecule is CCCCn1c(SCC(=O)Nc2cc3oc4ccccc4c3cc2OC)n[nH]c1=O. The van der Waals surface area contributed by atoms with Gasteiger partial charge in [-0.3, -0.25) is 9.36 Å². The molecule has 0 aliphatic heterocycles. The Labute approximate surface area is 176 Å². The molecule has 0 saturated heterocycles. The van der Waals surface area contributed by atoms with Crippen molar-refractivity contribution < 1.29 is 13.9 Å². The van der Waals surface area contributed by atoms with E-state index >= 15 is 0 Å². The van der Waals surface area contributed by atoms with E-state index in [4.69, 9.17) is 9.15 Å². The van der Waals surface area contributed by atoms with E-state index in [0.717, 1.165) is 29.2 Å². The van der Waals surface area contributed by atoms with Gasteiger partial charge in [-0.25, -0.2) is 9.89 Å². The number of nitrogens with one attached hydrogen (secondary N) is 2. The van der Waals surface area contributed by atoms with Crippen LogP contribution in [0.25, 0.3) is 21.9 Å². The third-order valence-electron chi connectivity index (χ3n) is 4.76. The number of amides is 1. The van der Waals surface area contributed by atoms with Crippen LogP contribution in [0.1, 0.15) is 19.8 Å². The van der Waals surface area contributed by atoms with E-state index in [1.807, 2.05) is 30.3 Å². The first-order valence-electron chi connectivity index (χ1n) is 9.68. The Hall–Kier alpha value is -3.20. The highest BCUT2D eigenvalue weighted by atomic mass is 32.2. The first-order chi connectivity index (χ1) is 14.6. The number of unbranched alkanes of at least 4 members (excludes halogenated alkanes) is 1. The van der Waals surface area contributed by atoms with Crippen molar-refractivity contribution in [2.24, 2.45) is 0 Å². The molecular weight excluding hydrogens is 404 g/mol. The number of carbonyl (C=O) groups excluding carboxylic acids is 1. The number of furan rings is 1. The highest BCUT2D eigenvalue weighted by Crippen LogP contribution is 2.36. The minimum Gasteiger partial charge on any atom is -0.495 e. The van der Waals surface area contributed by atoms with Gasteiger partial charge in [0, 0.05) is 23.4 Å². The van der Waals surface area contributed by atoms with E-state index in [1.54, 1.807) is 17.7 Å². The predicted octanol–water partition coefficient (Wildman–Crippen LogP) is 4.01. The molecule has 4 aromatic rings. The first-order valence-corrected chi connectivity index (χ1v) is 10.7. The number of H-pyrrole nitrogens is 1. The van der Waals surface area contributed by atoms with Crippen molar-refractivity contribution in [1.29, 1.82) is 0 Å². The van der Waals surface area contributed by atoms with Gasteiger partial charge in [-0.2, -0.15) is 0 Å². The Morgan fingerprint density at radius 1 is 1.27 bits per heavy atom. The highest BCUT2D eigenvalue weighted by Gasteiger charge is 2.16. The second-order valence-corrected chi connectivity index (χ2v) is 7.74. The molecule has 4 rings (SSSR count). The number of thioether (sulfide) groups is 1. The monoisotopic (exact) mass is 426 g/mol. The van der Waals surface area contributed by atoms with Crippen molar-refractivity contribution in [1.82, 2.24) is 14.8 Å². The lowest BCUT2D eigenvalue weighted by Gasteiger charge is -2.10. The molecule has 2 aromatic heterocycles. The topological polar surface area (TPSA) is 102 Å². The molecule has 0 radical (unpaired) electrons. The Bertz CT molecular complexity index is 1260. The highest BCUT2D eigenvalue weighted by molar-refractivity contribution is 7.99. The number of hydrogen-bond acceptors (Lipinski definition) is 6. The van der Waals surface area contributed by atoms with Crippen molar-refractivity contribution in [3.8, 4) is 5.75 Å². The van der Waals surface area contributed by atoms with Gasteiger partial charge in [0.1, 0.15) is 16.9 Å². The van der Waals surface area contributed by atoms with Gasteiger partial charge in [-0.15, -0.1) is 5.10 Å². The van der Waals surface area contributed by atoms with Gasteiger partial charge < -0.3 is 14.5 Å². The Morgan fingerprint density at radius 2 is 2.10 bits per heavy atom. The van der Waals surface area contributed by atoms with E-state index in [9.17, 15) is 9.59 Å². The van der Waals surface area contributed by atoms with Gasteiger partial charge >= 0.3 is 5.69 Å². The smallest absolute Gasteiger partial charge is 0.343 e. The van der Waals surface area contributed by atoms with Crippen LogP contribution in [0.4, 0.5) is 5.69 Å². The minimum absolute atomic E-state index is 0.109. The third-order valence-corrected chi connectivity index (χ3v) is 5.74. The first kappa shape index (κ1) is 20.1. The van der Waals surface area contributed by atoms with Crippen LogP contribution in [0.3, 0.4) is 0 Å². The second-order valence-electron chi connectivity index (χ2n) is 6.80. The molecule has 0 bridgehead atoms. The molecule has 1 amide bonds. The predicted molar refractivity (Wildman–Crippen MR) is 117 cm³/mol. The summed E-state index contributed by atoms with van der Waals surface area (Å²) in [5.74, 6) is 0.427. The van der Waals surface area contributed by atoms with Crippen molar-refractivity contribution in [2.45, 2.75) is 31.5 Å². The fourth-order valence-corrected chi connectivity index (χ4v) is 4.03. The van der Waals surface area contributed by atoms with Crippen LogP contribution in [0.2, 0.25) is 0 Å². The number of fused-ring (bicyclic) bond motifs is 3. The molecule has 0 spiro atoms. The molecule has 2 heterocycles. The zero-order chi connectivity index (χ0) is 21.1. The van der Waals surface area contributed by atoms with Crippen molar-refractivity contribution in [3.63, 3.8) is 0 Å². The van der Waals surface area contributed by atoms with E-state index in [0.29, 0.717) is 28.7 Å². The van der Waals surface area contributed by atoms with E-state index in [1.165, 1.54) is 11.8 Å². The normalized spacial score (nSPS) is 11.3. The Morgan fingerprint density at radius 3 is 2.90 bits per heavy atom. The fourth-order valence-electron chi connectivity index (χ4n) is 3.26. The van der Waals surface area contributed by atoms with Gasteiger partial charge in [0.2, 0.25) is 5.91 Å². The van der Waals surface area contributed by atoms with Crippen LogP contribution in [-0.4, -0.2) is 33.5 Å². The van der Waals surface area contributed by atoms with E-state index < -0.39 is 0 Å². The molecule has 0 aliphatic rings. The Kier molecular flexibility index (Phi) is 5.80. The third kappa shape index (κ3) is 3.93. The molecule has 9 heteroatoms. The molecule has 0 atom stereocenters. The van der Waals surface area contributed by atoms with Crippen LogP contribution in [0, 0.1) is 0 Å². The maximum absolute atomic E-state index is 12.6. The summed E-state index contributed by atoms with van der Waals surface area (Å²) in [5, 5.41) is 11.7. The average Bonchev–Trinajstić information content (AvgIpc) is 3.29. The largest absolute Gasteiger partial charge is 0.495 e. The zero-order valence-corrected chi connectivity index (χ0v) is 17.5. The number of nitrogens with zero attached hydrogens (tertiary/aromatic N) is 2. The summed E-state index contributed by atoms with van der Waals surface area (Å²) in [6.45, 7) is 2.63. The van der Waals surface area contributed by atoms with Crippen molar-refractivity contribution in [2.75, 3.05) is 18.2 Å². The van der Waals surface area contributed by atoms with E-state index in [2.05, 4.69) is 22.4 Å². The van der Waals surface area contributed by atoms with Gasteiger partial charge in [0.15, 0.2) is 5.16 Å². The average molecular weight is 426 g/mol. The number of aromatic amines is 1. The summed E-state index contributed by atoms with van der Waals surface area (Å²) in [6, 6.07) is 11.4. The maximum atomic E-state index is 12.6. The number of rotatable bonds is 8. The van der Waals surface area contributed by atoms with Gasteiger partial charge in [0.25, 0.3) is 0 Å². The van der Waals surface area contributed by atoms with Crippen LogP contribution >= 0.6 is 11.8 Å². The summed E-state index contributed by atoms with van der Waals surface area (Å²) in [6.07, 6.45) is 1.83. The molecular formula is C21H22N4O4S. The zero-order valence-electron chi connectivity index (χ0n) is 16.7. The standard InChI is InChI=1S/C21H22N4O4S/c1-3-4-9-25-20(27)23-24-21(25)30-12-19(26)22-15-11-17-14(10-18(15)28-2)13-7-5-6-8-16(13)29-17/h5-8,10-11H,3-4,9,12H2,1-2H3,(H,22,26)(H,23,27). The van der Waals surface area contributed by atoms with E-state index in [-0.39, 0.29) is 17.3 Å². The molecule has 0 fully saturated rings. The minimum atomic E-state index is -0.261. The molecule has 0 aliphatic carbocycles. The number of aromatic nitrogens is 3. The summed E-state index contributed by atoms with van der Waals surface area (Å²) >= 11 is 1.21. The number of carbonyl (C=O) groups is 1. The van der Waals surface area contributed by atoms with Crippen LogP contribution in [-0.2, 0) is 11.3 Å². The van der Waals surface area contributed by atoms with Gasteiger partial charge in [-0.1, -0.05) is 43.3 Å². The van der Waals surface area contributed by atoms with Crippen LogP contribution in [0.15, 0.2) is 50.8 Å². The van der Waals surface area contributed by atoms with Crippen LogP contribution in [0.5, 0.6) is 5.75 Å². The summed E-state index contributed by atoms with van der Waals surface area (Å²) in [5.41, 5.74) is 1.71. The van der Waals surface area contributed by atoms with Crippen LogP contribution < -0.4 is 15.7 Å². The lowest BCUT2D eigenvalue weighted by atomic mass is 10.1. The lowest BCUT2D eigenvalue weighted by Crippen LogP contribution is -2.19. The molecule has 30 heavy (non-hydrogen) atoms. The molecule has 2 N–H and O–H groups in total. The van der Waals surface area contributed by atoms with Crippen molar-refractivity contribution in [3.05, 3.63) is 46.9 Å². The molecule has 0 unspecified atom stereocenters. The summed E-state index contributed by atoms with van der Waals surface area (Å²) in [7, 11) is 1.56. The number of ether oxygens (including phenoxy) is 1. The summed E-state index contributed by atoms with van der Waals surface area (Å²) < 4.78 is 12.9. The molecule has 8 nitrogen and oxygen atoms in total. The maximum Gasteiger partial charge on any atom is 0.343 e. The second kappa shape index (κ2) is 8.66. The number of anilines is 1.